The summed E-state index contributed by atoms with van der Waals surface area (Å²) in [4.78, 5) is 14.9. The standard InChI is InChI=1S/C21H30N2O4/c24-21(14-23-8-12-27-20-4-2-1-3-17(20)13-23)22-19-7-11-26-15-18(19)16-5-9-25-10-6-16/h1-4,16,18-19H,5-15H2,(H,22,24)/t18-,19-/m0/s1. The maximum absolute atomic E-state index is 12.8. The van der Waals surface area contributed by atoms with E-state index >= 15 is 0 Å². The van der Waals surface area contributed by atoms with Crippen LogP contribution in [-0.2, 0) is 20.8 Å². The molecule has 2 fully saturated rings. The van der Waals surface area contributed by atoms with Crippen molar-refractivity contribution in [3.05, 3.63) is 29.8 Å². The number of carbonyl (C=O) groups excluding carboxylic acids is 1. The Morgan fingerprint density at radius 3 is 2.78 bits per heavy atom. The first-order valence-electron chi connectivity index (χ1n) is 10.2. The van der Waals surface area contributed by atoms with Crippen LogP contribution in [0.1, 0.15) is 24.8 Å². The highest BCUT2D eigenvalue weighted by molar-refractivity contribution is 5.78. The molecule has 1 aromatic rings. The lowest BCUT2D eigenvalue weighted by atomic mass is 9.79. The van der Waals surface area contributed by atoms with E-state index in [2.05, 4.69) is 16.3 Å². The average molecular weight is 374 g/mol. The fraction of sp³-hybridized carbons (Fsp3) is 0.667. The summed E-state index contributed by atoms with van der Waals surface area (Å²) in [6, 6.07) is 8.30. The maximum atomic E-state index is 12.8. The van der Waals surface area contributed by atoms with Crippen LogP contribution in [0.5, 0.6) is 5.75 Å². The predicted molar refractivity (Wildman–Crippen MR) is 102 cm³/mol. The second kappa shape index (κ2) is 9.04. The highest BCUT2D eigenvalue weighted by atomic mass is 16.5. The lowest BCUT2D eigenvalue weighted by molar-refractivity contribution is -0.125. The fourth-order valence-electron chi connectivity index (χ4n) is 4.52. The van der Waals surface area contributed by atoms with Gasteiger partial charge in [0, 0.05) is 50.4 Å². The Morgan fingerprint density at radius 1 is 1.07 bits per heavy atom. The second-order valence-electron chi connectivity index (χ2n) is 7.82. The van der Waals surface area contributed by atoms with Gasteiger partial charge in [0.2, 0.25) is 5.91 Å². The molecular weight excluding hydrogens is 344 g/mol. The molecule has 148 valence electrons. The number of nitrogens with zero attached hydrogens (tertiary/aromatic N) is 1. The Kier molecular flexibility index (Phi) is 6.27. The van der Waals surface area contributed by atoms with Gasteiger partial charge in [0.25, 0.3) is 0 Å². The van der Waals surface area contributed by atoms with Crippen LogP contribution in [0.25, 0.3) is 0 Å². The number of rotatable bonds is 4. The van der Waals surface area contributed by atoms with Crippen molar-refractivity contribution in [1.29, 1.82) is 0 Å². The van der Waals surface area contributed by atoms with E-state index < -0.39 is 0 Å². The molecule has 0 spiro atoms. The number of amides is 1. The van der Waals surface area contributed by atoms with Crippen LogP contribution in [0.4, 0.5) is 0 Å². The number of nitrogens with one attached hydrogen (secondary N) is 1. The van der Waals surface area contributed by atoms with E-state index in [1.807, 2.05) is 18.2 Å². The first-order chi connectivity index (χ1) is 13.3. The van der Waals surface area contributed by atoms with Crippen LogP contribution in [0.3, 0.4) is 0 Å². The summed E-state index contributed by atoms with van der Waals surface area (Å²) in [5, 5.41) is 3.32. The average Bonchev–Trinajstić information content (AvgIpc) is 2.90. The molecule has 3 heterocycles. The number of carbonyl (C=O) groups is 1. The molecule has 1 amide bonds. The van der Waals surface area contributed by atoms with Gasteiger partial charge in [0.1, 0.15) is 12.4 Å². The Morgan fingerprint density at radius 2 is 1.89 bits per heavy atom. The summed E-state index contributed by atoms with van der Waals surface area (Å²) in [6.07, 6.45) is 3.04. The minimum atomic E-state index is 0.110. The molecule has 4 rings (SSSR count). The smallest absolute Gasteiger partial charge is 0.234 e. The van der Waals surface area contributed by atoms with E-state index in [1.54, 1.807) is 0 Å². The van der Waals surface area contributed by atoms with Gasteiger partial charge in [0.15, 0.2) is 0 Å². The number of hydrogen-bond acceptors (Lipinski definition) is 5. The number of fused-ring (bicyclic) bond motifs is 1. The molecule has 0 radical (unpaired) electrons. The summed E-state index contributed by atoms with van der Waals surface area (Å²) in [5.74, 6) is 2.03. The van der Waals surface area contributed by atoms with Gasteiger partial charge in [-0.15, -0.1) is 0 Å². The molecule has 1 aromatic carbocycles. The van der Waals surface area contributed by atoms with Crippen LogP contribution in [0, 0.1) is 11.8 Å². The van der Waals surface area contributed by atoms with Crippen LogP contribution in [-0.4, -0.2) is 63.0 Å². The predicted octanol–water partition coefficient (Wildman–Crippen LogP) is 1.83. The van der Waals surface area contributed by atoms with Gasteiger partial charge in [-0.25, -0.2) is 0 Å². The molecule has 0 aliphatic carbocycles. The third-order valence-electron chi connectivity index (χ3n) is 6.02. The van der Waals surface area contributed by atoms with Crippen molar-refractivity contribution in [1.82, 2.24) is 10.2 Å². The van der Waals surface area contributed by atoms with Gasteiger partial charge in [0.05, 0.1) is 13.2 Å². The van der Waals surface area contributed by atoms with E-state index in [0.29, 0.717) is 25.0 Å². The summed E-state index contributed by atoms with van der Waals surface area (Å²) < 4.78 is 17.0. The first kappa shape index (κ1) is 18.7. The van der Waals surface area contributed by atoms with Crippen molar-refractivity contribution in [3.8, 4) is 5.75 Å². The molecule has 1 N–H and O–H groups in total. The minimum Gasteiger partial charge on any atom is -0.492 e. The van der Waals surface area contributed by atoms with E-state index in [0.717, 1.165) is 70.1 Å². The molecule has 2 atom stereocenters. The maximum Gasteiger partial charge on any atom is 0.234 e. The van der Waals surface area contributed by atoms with Crippen molar-refractivity contribution < 1.29 is 19.0 Å². The van der Waals surface area contributed by atoms with Gasteiger partial charge in [-0.05, 0) is 31.2 Å². The van der Waals surface area contributed by atoms with Crippen LogP contribution in [0.15, 0.2) is 24.3 Å². The molecule has 3 aliphatic heterocycles. The SMILES string of the molecule is O=C(CN1CCOc2ccccc2C1)N[C@H]1CCOC[C@H]1C1CCOCC1. The van der Waals surface area contributed by atoms with Gasteiger partial charge in [-0.2, -0.15) is 0 Å². The van der Waals surface area contributed by atoms with E-state index in [4.69, 9.17) is 14.2 Å². The van der Waals surface area contributed by atoms with Crippen molar-refractivity contribution >= 4 is 5.91 Å². The van der Waals surface area contributed by atoms with Gasteiger partial charge >= 0.3 is 0 Å². The van der Waals surface area contributed by atoms with E-state index in [1.165, 1.54) is 0 Å². The largest absolute Gasteiger partial charge is 0.492 e. The molecular formula is C21H30N2O4. The lowest BCUT2D eigenvalue weighted by Gasteiger charge is -2.39. The highest BCUT2D eigenvalue weighted by Gasteiger charge is 2.34. The Bertz CT molecular complexity index is 632. The molecule has 3 aliphatic rings. The highest BCUT2D eigenvalue weighted by Crippen LogP contribution is 2.30. The van der Waals surface area contributed by atoms with Crippen molar-refractivity contribution in [2.45, 2.75) is 31.8 Å². The monoisotopic (exact) mass is 374 g/mol. The lowest BCUT2D eigenvalue weighted by Crippen LogP contribution is -2.51. The summed E-state index contributed by atoms with van der Waals surface area (Å²) in [6.45, 7) is 5.68. The zero-order valence-corrected chi connectivity index (χ0v) is 15.9. The molecule has 27 heavy (non-hydrogen) atoms. The third-order valence-corrected chi connectivity index (χ3v) is 6.02. The molecule has 0 bridgehead atoms. The van der Waals surface area contributed by atoms with E-state index in [9.17, 15) is 4.79 Å². The first-order valence-corrected chi connectivity index (χ1v) is 10.2. The Balaban J connectivity index is 1.33. The quantitative estimate of drug-likeness (QED) is 0.871. The normalized spacial score (nSPS) is 27.3. The molecule has 0 aromatic heterocycles. The Hall–Kier alpha value is -1.63. The fourth-order valence-corrected chi connectivity index (χ4v) is 4.52. The summed E-state index contributed by atoms with van der Waals surface area (Å²) in [7, 11) is 0. The second-order valence-corrected chi connectivity index (χ2v) is 7.82. The van der Waals surface area contributed by atoms with Crippen molar-refractivity contribution in [2.75, 3.05) is 46.1 Å². The van der Waals surface area contributed by atoms with Gasteiger partial charge < -0.3 is 19.5 Å². The van der Waals surface area contributed by atoms with Crippen molar-refractivity contribution in [3.63, 3.8) is 0 Å². The molecule has 2 saturated heterocycles. The van der Waals surface area contributed by atoms with Crippen LogP contribution >= 0.6 is 0 Å². The molecule has 6 nitrogen and oxygen atoms in total. The third kappa shape index (κ3) is 4.81. The van der Waals surface area contributed by atoms with Crippen molar-refractivity contribution in [2.24, 2.45) is 11.8 Å². The van der Waals surface area contributed by atoms with Gasteiger partial charge in [-0.3, -0.25) is 9.69 Å². The molecule has 6 heteroatoms. The molecule has 0 saturated carbocycles. The van der Waals surface area contributed by atoms with E-state index in [-0.39, 0.29) is 11.9 Å². The zero-order chi connectivity index (χ0) is 18.5. The van der Waals surface area contributed by atoms with Crippen LogP contribution in [0.2, 0.25) is 0 Å². The zero-order valence-electron chi connectivity index (χ0n) is 15.9. The summed E-state index contributed by atoms with van der Waals surface area (Å²) in [5.41, 5.74) is 1.15. The topological polar surface area (TPSA) is 60.0 Å². The Labute approximate surface area is 161 Å². The number of ether oxygens (including phenoxy) is 3. The molecule has 0 unspecified atom stereocenters. The minimum absolute atomic E-state index is 0.110. The van der Waals surface area contributed by atoms with Crippen LogP contribution < -0.4 is 10.1 Å². The summed E-state index contributed by atoms with van der Waals surface area (Å²) >= 11 is 0. The number of hydrogen-bond donors (Lipinski definition) is 1. The number of para-hydroxylation sites is 1. The van der Waals surface area contributed by atoms with Gasteiger partial charge in [-0.1, -0.05) is 18.2 Å². The number of benzene rings is 1.